The van der Waals surface area contributed by atoms with Gasteiger partial charge >= 0.3 is 0 Å². The molecule has 2 N–H and O–H groups in total. The number of nitrogens with two attached hydrogens (primary N) is 1. The van der Waals surface area contributed by atoms with Crippen LogP contribution in [0.3, 0.4) is 0 Å². The molecule has 0 bridgehead atoms. The molecular weight excluding hydrogens is 200 g/mol. The fourth-order valence-electron chi connectivity index (χ4n) is 2.48. The van der Waals surface area contributed by atoms with Gasteiger partial charge in [0.15, 0.2) is 0 Å². The molecule has 16 heavy (non-hydrogen) atoms. The van der Waals surface area contributed by atoms with E-state index in [0.717, 1.165) is 19.4 Å². The second-order valence-electron chi connectivity index (χ2n) is 4.38. The van der Waals surface area contributed by atoms with Gasteiger partial charge in [0, 0.05) is 6.04 Å². The molecule has 86 valence electrons. The zero-order valence-electron chi connectivity index (χ0n) is 9.60. The number of carbonyl (C=O) groups excluding carboxylic acids is 1. The first kappa shape index (κ1) is 11.1. The van der Waals surface area contributed by atoms with E-state index in [2.05, 4.69) is 24.0 Å². The third-order valence-electron chi connectivity index (χ3n) is 3.40. The topological polar surface area (TPSA) is 46.3 Å². The highest BCUT2D eigenvalue weighted by atomic mass is 16.1. The van der Waals surface area contributed by atoms with Crippen molar-refractivity contribution >= 4 is 5.91 Å². The number of hydrogen-bond donors (Lipinski definition) is 1. The first-order valence-corrected chi connectivity index (χ1v) is 5.80. The van der Waals surface area contributed by atoms with Crippen molar-refractivity contribution < 1.29 is 4.79 Å². The van der Waals surface area contributed by atoms with Crippen molar-refractivity contribution in [2.45, 2.75) is 31.8 Å². The van der Waals surface area contributed by atoms with E-state index in [9.17, 15) is 4.79 Å². The minimum Gasteiger partial charge on any atom is -0.368 e. The van der Waals surface area contributed by atoms with Gasteiger partial charge in [0.2, 0.25) is 5.91 Å². The summed E-state index contributed by atoms with van der Waals surface area (Å²) in [6.45, 7) is 3.10. The number of rotatable bonds is 3. The summed E-state index contributed by atoms with van der Waals surface area (Å²) >= 11 is 0. The average Bonchev–Trinajstić information content (AvgIpc) is 2.78. The monoisotopic (exact) mass is 218 g/mol. The molecule has 1 aliphatic heterocycles. The average molecular weight is 218 g/mol. The van der Waals surface area contributed by atoms with Crippen molar-refractivity contribution in [2.75, 3.05) is 6.54 Å². The maximum Gasteiger partial charge on any atom is 0.234 e. The van der Waals surface area contributed by atoms with E-state index in [0.29, 0.717) is 0 Å². The summed E-state index contributed by atoms with van der Waals surface area (Å²) in [5.74, 6) is -0.194. The molecule has 1 fully saturated rings. The van der Waals surface area contributed by atoms with Crippen LogP contribution in [0.5, 0.6) is 0 Å². The molecule has 0 saturated carbocycles. The Labute approximate surface area is 96.2 Å². The molecular formula is C13H18N2O. The smallest absolute Gasteiger partial charge is 0.234 e. The Balaban J connectivity index is 2.15. The SMILES string of the molecule is C[C@@H](c1ccccc1)N1CCC[C@@H]1C(N)=O. The standard InChI is InChI=1S/C13H18N2O/c1-10(11-6-3-2-4-7-11)15-9-5-8-12(15)13(14)16/h2-4,6-7,10,12H,5,8-9H2,1H3,(H2,14,16)/t10-,12+/m0/s1. The Morgan fingerprint density at radius 2 is 2.12 bits per heavy atom. The van der Waals surface area contributed by atoms with Crippen molar-refractivity contribution in [3.63, 3.8) is 0 Å². The van der Waals surface area contributed by atoms with Gasteiger partial charge in [-0.15, -0.1) is 0 Å². The maximum absolute atomic E-state index is 11.3. The molecule has 1 saturated heterocycles. The lowest BCUT2D eigenvalue weighted by Gasteiger charge is -2.29. The molecule has 3 nitrogen and oxygen atoms in total. The Morgan fingerprint density at radius 1 is 1.44 bits per heavy atom. The third-order valence-corrected chi connectivity index (χ3v) is 3.40. The van der Waals surface area contributed by atoms with Gasteiger partial charge in [-0.05, 0) is 31.9 Å². The normalized spacial score (nSPS) is 23.2. The molecule has 0 unspecified atom stereocenters. The quantitative estimate of drug-likeness (QED) is 0.839. The summed E-state index contributed by atoms with van der Waals surface area (Å²) in [5, 5.41) is 0. The van der Waals surface area contributed by atoms with E-state index >= 15 is 0 Å². The highest BCUT2D eigenvalue weighted by Gasteiger charge is 2.32. The second-order valence-corrected chi connectivity index (χ2v) is 4.38. The molecule has 0 radical (unpaired) electrons. The van der Waals surface area contributed by atoms with E-state index in [4.69, 9.17) is 5.73 Å². The molecule has 2 atom stereocenters. The summed E-state index contributed by atoms with van der Waals surface area (Å²) in [5.41, 5.74) is 6.67. The first-order valence-electron chi connectivity index (χ1n) is 5.80. The third kappa shape index (κ3) is 2.09. The number of nitrogens with zero attached hydrogens (tertiary/aromatic N) is 1. The Kier molecular flexibility index (Phi) is 3.25. The van der Waals surface area contributed by atoms with E-state index in [1.807, 2.05) is 18.2 Å². The number of likely N-dealkylation sites (tertiary alicyclic amines) is 1. The van der Waals surface area contributed by atoms with Crippen molar-refractivity contribution in [2.24, 2.45) is 5.73 Å². The molecule has 1 aromatic carbocycles. The summed E-state index contributed by atoms with van der Waals surface area (Å²) in [6.07, 6.45) is 1.96. The molecule has 1 amide bonds. The van der Waals surface area contributed by atoms with E-state index in [1.54, 1.807) is 0 Å². The van der Waals surface area contributed by atoms with Gasteiger partial charge in [-0.3, -0.25) is 9.69 Å². The van der Waals surface area contributed by atoms with Gasteiger partial charge in [-0.25, -0.2) is 0 Å². The molecule has 1 aromatic rings. The van der Waals surface area contributed by atoms with Crippen molar-refractivity contribution in [1.29, 1.82) is 0 Å². The second kappa shape index (κ2) is 4.66. The maximum atomic E-state index is 11.3. The molecule has 1 heterocycles. The van der Waals surface area contributed by atoms with Crippen molar-refractivity contribution in [3.8, 4) is 0 Å². The van der Waals surface area contributed by atoms with Crippen LogP contribution in [0, 0.1) is 0 Å². The van der Waals surface area contributed by atoms with Crippen LogP contribution in [0.4, 0.5) is 0 Å². The lowest BCUT2D eigenvalue weighted by molar-refractivity contribution is -0.122. The molecule has 2 rings (SSSR count). The number of carbonyl (C=O) groups is 1. The predicted octanol–water partition coefficient (Wildman–Crippen LogP) is 1.70. The van der Waals surface area contributed by atoms with Gasteiger partial charge in [-0.2, -0.15) is 0 Å². The van der Waals surface area contributed by atoms with Crippen LogP contribution in [0.25, 0.3) is 0 Å². The number of primary amides is 1. The Hall–Kier alpha value is -1.35. The summed E-state index contributed by atoms with van der Waals surface area (Å²) in [7, 11) is 0. The molecule has 0 spiro atoms. The Bertz CT molecular complexity index is 363. The highest BCUT2D eigenvalue weighted by molar-refractivity contribution is 5.80. The highest BCUT2D eigenvalue weighted by Crippen LogP contribution is 2.28. The van der Waals surface area contributed by atoms with E-state index < -0.39 is 0 Å². The van der Waals surface area contributed by atoms with E-state index in [-0.39, 0.29) is 18.0 Å². The Morgan fingerprint density at radius 3 is 2.75 bits per heavy atom. The van der Waals surface area contributed by atoms with Gasteiger partial charge in [0.1, 0.15) is 0 Å². The molecule has 1 aliphatic rings. The van der Waals surface area contributed by atoms with Crippen LogP contribution < -0.4 is 5.73 Å². The molecule has 0 aliphatic carbocycles. The van der Waals surface area contributed by atoms with Gasteiger partial charge in [0.25, 0.3) is 0 Å². The zero-order valence-corrected chi connectivity index (χ0v) is 9.60. The largest absolute Gasteiger partial charge is 0.368 e. The minimum absolute atomic E-state index is 0.0878. The predicted molar refractivity (Wildman–Crippen MR) is 63.8 cm³/mol. The van der Waals surface area contributed by atoms with Crippen LogP contribution in [-0.2, 0) is 4.79 Å². The lowest BCUT2D eigenvalue weighted by atomic mass is 10.1. The minimum atomic E-state index is -0.194. The fourth-order valence-corrected chi connectivity index (χ4v) is 2.48. The number of hydrogen-bond acceptors (Lipinski definition) is 2. The molecule has 3 heteroatoms. The van der Waals surface area contributed by atoms with Crippen LogP contribution in [-0.4, -0.2) is 23.4 Å². The summed E-state index contributed by atoms with van der Waals surface area (Å²) < 4.78 is 0. The summed E-state index contributed by atoms with van der Waals surface area (Å²) in [4.78, 5) is 13.5. The van der Waals surface area contributed by atoms with Crippen molar-refractivity contribution in [1.82, 2.24) is 4.90 Å². The lowest BCUT2D eigenvalue weighted by Crippen LogP contribution is -2.41. The van der Waals surface area contributed by atoms with Crippen LogP contribution in [0.1, 0.15) is 31.4 Å². The number of benzene rings is 1. The zero-order chi connectivity index (χ0) is 11.5. The number of amides is 1. The van der Waals surface area contributed by atoms with Crippen LogP contribution in [0.15, 0.2) is 30.3 Å². The molecule has 0 aromatic heterocycles. The van der Waals surface area contributed by atoms with Crippen LogP contribution >= 0.6 is 0 Å². The van der Waals surface area contributed by atoms with E-state index in [1.165, 1.54) is 5.56 Å². The van der Waals surface area contributed by atoms with Gasteiger partial charge in [0.05, 0.1) is 6.04 Å². The fraction of sp³-hybridized carbons (Fsp3) is 0.462. The summed E-state index contributed by atoms with van der Waals surface area (Å²) in [6, 6.07) is 10.4. The van der Waals surface area contributed by atoms with Gasteiger partial charge in [-0.1, -0.05) is 30.3 Å². The first-order chi connectivity index (χ1) is 7.70. The van der Waals surface area contributed by atoms with Crippen molar-refractivity contribution in [3.05, 3.63) is 35.9 Å². The van der Waals surface area contributed by atoms with Gasteiger partial charge < -0.3 is 5.73 Å². The van der Waals surface area contributed by atoms with Crippen LogP contribution in [0.2, 0.25) is 0 Å².